The lowest BCUT2D eigenvalue weighted by atomic mass is 9.98. The lowest BCUT2D eigenvalue weighted by Gasteiger charge is -2.07. The van der Waals surface area contributed by atoms with Gasteiger partial charge in [0.1, 0.15) is 5.75 Å². The second kappa shape index (κ2) is 9.24. The van der Waals surface area contributed by atoms with Crippen molar-refractivity contribution in [2.24, 2.45) is 0 Å². The Morgan fingerprint density at radius 1 is 0.538 bits per heavy atom. The minimum atomic E-state index is 0.328. The summed E-state index contributed by atoms with van der Waals surface area (Å²) in [6, 6.07) is 25.4. The molecule has 0 heterocycles. The first-order chi connectivity index (χ1) is 12.7. The molecule has 0 bridgehead atoms. The van der Waals surface area contributed by atoms with Crippen LogP contribution in [0.5, 0.6) is 5.75 Å². The molecule has 1 nitrogen and oxygen atoms in total. The lowest BCUT2D eigenvalue weighted by Crippen LogP contribution is -1.91. The molecule has 3 aromatic rings. The van der Waals surface area contributed by atoms with Crippen LogP contribution in [-0.4, -0.2) is 5.11 Å². The molecule has 1 N–H and O–H groups in total. The molecule has 26 heavy (non-hydrogen) atoms. The predicted molar refractivity (Wildman–Crippen MR) is 111 cm³/mol. The van der Waals surface area contributed by atoms with E-state index in [1.54, 1.807) is 12.1 Å². The van der Waals surface area contributed by atoms with E-state index in [2.05, 4.69) is 55.5 Å². The Labute approximate surface area is 157 Å². The fraction of sp³-hybridized carbons (Fsp3) is 0.280. The van der Waals surface area contributed by atoms with Gasteiger partial charge in [0, 0.05) is 0 Å². The van der Waals surface area contributed by atoms with Crippen LogP contribution >= 0.6 is 0 Å². The van der Waals surface area contributed by atoms with Crippen LogP contribution in [0, 0.1) is 0 Å². The highest BCUT2D eigenvalue weighted by molar-refractivity contribution is 5.64. The monoisotopic (exact) mass is 344 g/mol. The van der Waals surface area contributed by atoms with Crippen molar-refractivity contribution < 1.29 is 5.11 Å². The molecule has 0 aliphatic carbocycles. The third kappa shape index (κ3) is 5.23. The number of aromatic hydroxyl groups is 1. The van der Waals surface area contributed by atoms with Gasteiger partial charge in [0.05, 0.1) is 0 Å². The van der Waals surface area contributed by atoms with Crippen LogP contribution in [0.4, 0.5) is 0 Å². The minimum Gasteiger partial charge on any atom is -0.508 e. The van der Waals surface area contributed by atoms with Crippen LogP contribution in [0.25, 0.3) is 11.1 Å². The molecule has 0 unspecified atom stereocenters. The Morgan fingerprint density at radius 3 is 1.42 bits per heavy atom. The van der Waals surface area contributed by atoms with Crippen molar-refractivity contribution in [3.05, 3.63) is 89.5 Å². The summed E-state index contributed by atoms with van der Waals surface area (Å²) in [5, 5.41) is 9.35. The molecule has 0 aromatic heterocycles. The molecule has 0 saturated heterocycles. The molecular weight excluding hydrogens is 316 g/mol. The van der Waals surface area contributed by atoms with Crippen molar-refractivity contribution >= 4 is 0 Å². The maximum Gasteiger partial charge on any atom is 0.115 e. The Hall–Kier alpha value is -2.54. The van der Waals surface area contributed by atoms with Crippen LogP contribution < -0.4 is 0 Å². The van der Waals surface area contributed by atoms with E-state index in [0.717, 1.165) is 12.8 Å². The van der Waals surface area contributed by atoms with Crippen molar-refractivity contribution in [2.45, 2.75) is 45.4 Å². The maximum absolute atomic E-state index is 9.35. The smallest absolute Gasteiger partial charge is 0.115 e. The summed E-state index contributed by atoms with van der Waals surface area (Å²) in [4.78, 5) is 0. The lowest BCUT2D eigenvalue weighted by molar-refractivity contribution is 0.475. The Bertz CT molecular complexity index is 783. The number of hydrogen-bond acceptors (Lipinski definition) is 1. The zero-order chi connectivity index (χ0) is 18.2. The van der Waals surface area contributed by atoms with Gasteiger partial charge in [0.2, 0.25) is 0 Å². The Morgan fingerprint density at radius 2 is 0.962 bits per heavy atom. The Kier molecular flexibility index (Phi) is 6.49. The summed E-state index contributed by atoms with van der Waals surface area (Å²) in [5.74, 6) is 0.328. The van der Waals surface area contributed by atoms with Gasteiger partial charge < -0.3 is 5.11 Å². The summed E-state index contributed by atoms with van der Waals surface area (Å²) in [5.41, 5.74) is 6.60. The molecule has 134 valence electrons. The normalized spacial score (nSPS) is 10.8. The second-order valence-electron chi connectivity index (χ2n) is 7.02. The third-order valence-electron chi connectivity index (χ3n) is 4.95. The minimum absolute atomic E-state index is 0.328. The quantitative estimate of drug-likeness (QED) is 0.458. The van der Waals surface area contributed by atoms with Crippen LogP contribution in [0.3, 0.4) is 0 Å². The van der Waals surface area contributed by atoms with Gasteiger partial charge in [-0.05, 0) is 65.6 Å². The SMILES string of the molecule is CCCCCc1ccc(-c2ccc(CCc3ccc(O)cc3)cc2)cc1. The number of unbranched alkanes of at least 4 members (excludes halogenated alkanes) is 2. The van der Waals surface area contributed by atoms with Crippen molar-refractivity contribution in [1.82, 2.24) is 0 Å². The summed E-state index contributed by atoms with van der Waals surface area (Å²) < 4.78 is 0. The number of phenolic OH excluding ortho intramolecular Hbond substituents is 1. The molecule has 0 saturated carbocycles. The molecule has 0 aliphatic rings. The van der Waals surface area contributed by atoms with Gasteiger partial charge >= 0.3 is 0 Å². The van der Waals surface area contributed by atoms with Gasteiger partial charge in [-0.1, -0.05) is 80.4 Å². The van der Waals surface area contributed by atoms with E-state index in [4.69, 9.17) is 0 Å². The van der Waals surface area contributed by atoms with Crippen molar-refractivity contribution in [2.75, 3.05) is 0 Å². The van der Waals surface area contributed by atoms with Crippen molar-refractivity contribution in [3.8, 4) is 16.9 Å². The van der Waals surface area contributed by atoms with E-state index in [-0.39, 0.29) is 0 Å². The van der Waals surface area contributed by atoms with Crippen molar-refractivity contribution in [3.63, 3.8) is 0 Å². The first-order valence-corrected chi connectivity index (χ1v) is 9.71. The number of benzene rings is 3. The van der Waals surface area contributed by atoms with Crippen LogP contribution in [0.15, 0.2) is 72.8 Å². The van der Waals surface area contributed by atoms with E-state index in [9.17, 15) is 5.11 Å². The molecule has 3 rings (SSSR count). The first-order valence-electron chi connectivity index (χ1n) is 9.71. The highest BCUT2D eigenvalue weighted by atomic mass is 16.3. The maximum atomic E-state index is 9.35. The number of hydrogen-bond donors (Lipinski definition) is 1. The largest absolute Gasteiger partial charge is 0.508 e. The van der Waals surface area contributed by atoms with Gasteiger partial charge in [-0.2, -0.15) is 0 Å². The number of rotatable bonds is 8. The molecule has 1 heteroatoms. The van der Waals surface area contributed by atoms with E-state index in [1.807, 2.05) is 12.1 Å². The highest BCUT2D eigenvalue weighted by Gasteiger charge is 2.01. The summed E-state index contributed by atoms with van der Waals surface area (Å²) in [7, 11) is 0. The number of phenols is 1. The summed E-state index contributed by atoms with van der Waals surface area (Å²) >= 11 is 0. The van der Waals surface area contributed by atoms with Gasteiger partial charge in [-0.3, -0.25) is 0 Å². The zero-order valence-electron chi connectivity index (χ0n) is 15.6. The number of aryl methyl sites for hydroxylation is 3. The molecule has 0 aliphatic heterocycles. The molecule has 0 radical (unpaired) electrons. The van der Waals surface area contributed by atoms with Crippen LogP contribution in [-0.2, 0) is 19.3 Å². The predicted octanol–water partition coefficient (Wildman–Crippen LogP) is 6.58. The fourth-order valence-corrected chi connectivity index (χ4v) is 3.26. The molecule has 3 aromatic carbocycles. The first kappa shape index (κ1) is 18.3. The van der Waals surface area contributed by atoms with E-state index < -0.39 is 0 Å². The van der Waals surface area contributed by atoms with E-state index >= 15 is 0 Å². The molecule has 0 amide bonds. The average molecular weight is 344 g/mol. The van der Waals surface area contributed by atoms with E-state index in [0.29, 0.717) is 5.75 Å². The average Bonchev–Trinajstić information content (AvgIpc) is 2.69. The van der Waals surface area contributed by atoms with Crippen LogP contribution in [0.1, 0.15) is 42.9 Å². The highest BCUT2D eigenvalue weighted by Crippen LogP contribution is 2.22. The van der Waals surface area contributed by atoms with Gasteiger partial charge in [0.25, 0.3) is 0 Å². The van der Waals surface area contributed by atoms with E-state index in [1.165, 1.54) is 53.5 Å². The van der Waals surface area contributed by atoms with Gasteiger partial charge in [-0.15, -0.1) is 0 Å². The summed E-state index contributed by atoms with van der Waals surface area (Å²) in [6.07, 6.45) is 7.06. The fourth-order valence-electron chi connectivity index (χ4n) is 3.26. The third-order valence-corrected chi connectivity index (χ3v) is 4.95. The zero-order valence-corrected chi connectivity index (χ0v) is 15.6. The summed E-state index contributed by atoms with van der Waals surface area (Å²) in [6.45, 7) is 2.25. The standard InChI is InChI=1S/C25H28O/c1-2-3-4-5-20-8-14-23(15-9-20)24-16-10-21(11-17-24)6-7-22-12-18-25(26)19-13-22/h8-19,26H,2-7H2,1H3. The molecular formula is C25H28O. The molecule has 0 fully saturated rings. The van der Waals surface area contributed by atoms with Gasteiger partial charge in [0.15, 0.2) is 0 Å². The van der Waals surface area contributed by atoms with Crippen LogP contribution in [0.2, 0.25) is 0 Å². The molecule has 0 spiro atoms. The van der Waals surface area contributed by atoms with Crippen molar-refractivity contribution in [1.29, 1.82) is 0 Å². The Balaban J connectivity index is 1.57. The second-order valence-corrected chi connectivity index (χ2v) is 7.02. The molecule has 0 atom stereocenters. The van der Waals surface area contributed by atoms with Gasteiger partial charge in [-0.25, -0.2) is 0 Å². The topological polar surface area (TPSA) is 20.2 Å².